The largest absolute Gasteiger partial charge is 0.492 e. The standard InChI is InChI=1S/C10H8Cl3NO6S/c1-19-10-8(20-5-6(12)4-11)2-7(14(15)16)3-9(10)21(13,17)18/h2-4H,5H2,1H3. The summed E-state index contributed by atoms with van der Waals surface area (Å²) < 4.78 is 33.0. The van der Waals surface area contributed by atoms with Crippen LogP contribution in [0.15, 0.2) is 27.6 Å². The van der Waals surface area contributed by atoms with Gasteiger partial charge in [0.05, 0.1) is 23.1 Å². The molecular weight excluding hydrogens is 369 g/mol. The molecule has 0 radical (unpaired) electrons. The van der Waals surface area contributed by atoms with E-state index in [0.29, 0.717) is 0 Å². The lowest BCUT2D eigenvalue weighted by molar-refractivity contribution is -0.385. The highest BCUT2D eigenvalue weighted by molar-refractivity contribution is 8.13. The summed E-state index contributed by atoms with van der Waals surface area (Å²) in [6.07, 6.45) is 0. The predicted octanol–water partition coefficient (Wildman–Crippen LogP) is 3.23. The highest BCUT2D eigenvalue weighted by atomic mass is 35.7. The van der Waals surface area contributed by atoms with Crippen LogP contribution in [0.4, 0.5) is 5.69 Å². The van der Waals surface area contributed by atoms with Gasteiger partial charge in [-0.25, -0.2) is 8.42 Å². The summed E-state index contributed by atoms with van der Waals surface area (Å²) in [4.78, 5) is 9.46. The van der Waals surface area contributed by atoms with E-state index in [-0.39, 0.29) is 23.1 Å². The number of methoxy groups -OCH3 is 1. The van der Waals surface area contributed by atoms with Gasteiger partial charge in [0.2, 0.25) is 0 Å². The number of nitro groups is 1. The van der Waals surface area contributed by atoms with E-state index in [1.165, 1.54) is 7.11 Å². The minimum absolute atomic E-state index is 0.0977. The van der Waals surface area contributed by atoms with E-state index >= 15 is 0 Å². The molecule has 0 aliphatic heterocycles. The van der Waals surface area contributed by atoms with Crippen molar-refractivity contribution in [3.8, 4) is 11.5 Å². The molecule has 0 aromatic heterocycles. The zero-order chi connectivity index (χ0) is 16.2. The number of hydrogen-bond acceptors (Lipinski definition) is 6. The molecule has 1 rings (SSSR count). The van der Waals surface area contributed by atoms with Crippen molar-refractivity contribution in [3.05, 3.63) is 32.8 Å². The van der Waals surface area contributed by atoms with Crippen molar-refractivity contribution in [2.45, 2.75) is 4.90 Å². The fourth-order valence-corrected chi connectivity index (χ4v) is 2.46. The number of benzene rings is 1. The molecule has 0 saturated carbocycles. The van der Waals surface area contributed by atoms with Gasteiger partial charge in [-0.2, -0.15) is 0 Å². The lowest BCUT2D eigenvalue weighted by atomic mass is 10.3. The van der Waals surface area contributed by atoms with Gasteiger partial charge in [0, 0.05) is 22.3 Å². The van der Waals surface area contributed by atoms with Gasteiger partial charge < -0.3 is 9.47 Å². The van der Waals surface area contributed by atoms with Gasteiger partial charge in [-0.3, -0.25) is 10.1 Å². The number of rotatable bonds is 6. The Morgan fingerprint density at radius 2 is 2.10 bits per heavy atom. The normalized spacial score (nSPS) is 12.1. The molecule has 0 heterocycles. The first-order valence-electron chi connectivity index (χ1n) is 5.09. The van der Waals surface area contributed by atoms with E-state index in [9.17, 15) is 18.5 Å². The lowest BCUT2D eigenvalue weighted by Crippen LogP contribution is -2.04. The minimum atomic E-state index is -4.28. The summed E-state index contributed by atoms with van der Waals surface area (Å²) >= 11 is 11.0. The molecule has 0 aliphatic rings. The van der Waals surface area contributed by atoms with Crippen molar-refractivity contribution in [1.82, 2.24) is 0 Å². The molecule has 1 aromatic rings. The first kappa shape index (κ1) is 17.8. The molecule has 7 nitrogen and oxygen atoms in total. The first-order valence-corrected chi connectivity index (χ1v) is 8.21. The van der Waals surface area contributed by atoms with E-state index < -0.39 is 24.6 Å². The van der Waals surface area contributed by atoms with Gasteiger partial charge in [-0.15, -0.1) is 0 Å². The van der Waals surface area contributed by atoms with Gasteiger partial charge in [0.25, 0.3) is 14.7 Å². The van der Waals surface area contributed by atoms with Crippen LogP contribution in [0.2, 0.25) is 0 Å². The number of ether oxygens (including phenoxy) is 2. The van der Waals surface area contributed by atoms with Gasteiger partial charge in [0.1, 0.15) is 11.5 Å². The Morgan fingerprint density at radius 1 is 1.48 bits per heavy atom. The van der Waals surface area contributed by atoms with Crippen LogP contribution in [-0.4, -0.2) is 27.1 Å². The van der Waals surface area contributed by atoms with Crippen LogP contribution in [0, 0.1) is 10.1 Å². The summed E-state index contributed by atoms with van der Waals surface area (Å²) in [5, 5.41) is 10.9. The SMILES string of the molecule is COc1c(OCC(Cl)=CCl)cc([N+](=O)[O-])cc1S(=O)(=O)Cl. The second kappa shape index (κ2) is 7.17. The Balaban J connectivity index is 3.46. The molecule has 0 unspecified atom stereocenters. The number of nitrogens with zero attached hydrogens (tertiary/aromatic N) is 1. The van der Waals surface area contributed by atoms with E-state index in [0.717, 1.165) is 17.7 Å². The average molecular weight is 377 g/mol. The topological polar surface area (TPSA) is 95.7 Å². The quantitative estimate of drug-likeness (QED) is 0.429. The number of non-ortho nitro benzene ring substituents is 1. The maximum absolute atomic E-state index is 11.5. The van der Waals surface area contributed by atoms with Crippen molar-refractivity contribution in [2.24, 2.45) is 0 Å². The molecule has 1 aromatic carbocycles. The lowest BCUT2D eigenvalue weighted by Gasteiger charge is -2.12. The molecule has 0 amide bonds. The minimum Gasteiger partial charge on any atom is -0.492 e. The van der Waals surface area contributed by atoms with Crippen molar-refractivity contribution < 1.29 is 22.8 Å². The second-order valence-electron chi connectivity index (χ2n) is 3.51. The van der Waals surface area contributed by atoms with Gasteiger partial charge in [-0.05, 0) is 0 Å². The molecule has 0 spiro atoms. The maximum Gasteiger partial charge on any atom is 0.274 e. The summed E-state index contributed by atoms with van der Waals surface area (Å²) in [6, 6.07) is 1.76. The van der Waals surface area contributed by atoms with Crippen LogP contribution in [0.1, 0.15) is 0 Å². The summed E-state index contributed by atoms with van der Waals surface area (Å²) in [6.45, 7) is -0.232. The molecule has 0 atom stereocenters. The molecule has 0 N–H and O–H groups in total. The molecule has 116 valence electrons. The molecule has 0 saturated heterocycles. The van der Waals surface area contributed by atoms with Gasteiger partial charge in [-0.1, -0.05) is 23.2 Å². The predicted molar refractivity (Wildman–Crippen MR) is 78.0 cm³/mol. The number of nitro benzene ring substituents is 1. The van der Waals surface area contributed by atoms with Crippen LogP contribution in [-0.2, 0) is 9.05 Å². The van der Waals surface area contributed by atoms with E-state index in [4.69, 9.17) is 43.4 Å². The average Bonchev–Trinajstić information content (AvgIpc) is 2.42. The van der Waals surface area contributed by atoms with E-state index in [1.54, 1.807) is 0 Å². The third-order valence-corrected chi connectivity index (χ3v) is 4.09. The maximum atomic E-state index is 11.5. The first-order chi connectivity index (χ1) is 9.70. The third-order valence-electron chi connectivity index (χ3n) is 2.17. The van der Waals surface area contributed by atoms with Crippen molar-refractivity contribution in [1.29, 1.82) is 0 Å². The molecule has 21 heavy (non-hydrogen) atoms. The Kier molecular flexibility index (Phi) is 6.09. The summed E-state index contributed by atoms with van der Waals surface area (Å²) in [5.74, 6) is -0.475. The highest BCUT2D eigenvalue weighted by Gasteiger charge is 2.26. The van der Waals surface area contributed by atoms with Gasteiger partial charge in [0.15, 0.2) is 11.5 Å². The van der Waals surface area contributed by atoms with Crippen LogP contribution >= 0.6 is 33.9 Å². The Morgan fingerprint density at radius 3 is 2.52 bits per heavy atom. The zero-order valence-electron chi connectivity index (χ0n) is 10.4. The summed E-state index contributed by atoms with van der Waals surface area (Å²) in [7, 11) is 2.12. The van der Waals surface area contributed by atoms with E-state index in [2.05, 4.69) is 0 Å². The number of hydrogen-bond donors (Lipinski definition) is 0. The van der Waals surface area contributed by atoms with E-state index in [1.807, 2.05) is 0 Å². The van der Waals surface area contributed by atoms with Crippen molar-refractivity contribution >= 4 is 48.6 Å². The molecule has 11 heteroatoms. The molecule has 0 bridgehead atoms. The smallest absolute Gasteiger partial charge is 0.274 e. The summed E-state index contributed by atoms with van der Waals surface area (Å²) in [5.41, 5.74) is 0.501. The highest BCUT2D eigenvalue weighted by Crippen LogP contribution is 2.39. The second-order valence-corrected chi connectivity index (χ2v) is 6.75. The van der Waals surface area contributed by atoms with Crippen molar-refractivity contribution in [3.63, 3.8) is 0 Å². The Bertz CT molecular complexity index is 688. The third kappa shape index (κ3) is 4.63. The fourth-order valence-electron chi connectivity index (χ4n) is 1.34. The van der Waals surface area contributed by atoms with Gasteiger partial charge >= 0.3 is 0 Å². The Labute approximate surface area is 134 Å². The Hall–Kier alpha value is -1.22. The fraction of sp³-hybridized carbons (Fsp3) is 0.200. The van der Waals surface area contributed by atoms with Crippen molar-refractivity contribution in [2.75, 3.05) is 13.7 Å². The van der Waals surface area contributed by atoms with Crippen LogP contribution in [0.25, 0.3) is 0 Å². The molecular formula is C10H8Cl3NO6S. The molecule has 0 fully saturated rings. The zero-order valence-corrected chi connectivity index (χ0v) is 13.5. The number of halogens is 3. The van der Waals surface area contributed by atoms with Crippen LogP contribution in [0.3, 0.4) is 0 Å². The monoisotopic (exact) mass is 375 g/mol. The molecule has 0 aliphatic carbocycles. The van der Waals surface area contributed by atoms with Crippen LogP contribution in [0.5, 0.6) is 11.5 Å². The van der Waals surface area contributed by atoms with Crippen LogP contribution < -0.4 is 9.47 Å².